The number of thiazole rings is 1. The second-order valence-corrected chi connectivity index (χ2v) is 7.17. The molecule has 8 heteroatoms. The summed E-state index contributed by atoms with van der Waals surface area (Å²) < 4.78 is 26.7. The molecule has 0 saturated heterocycles. The van der Waals surface area contributed by atoms with Crippen LogP contribution in [0.2, 0.25) is 0 Å². The number of aromatic nitrogens is 2. The molecular weight excluding hydrogens is 296 g/mol. The third-order valence-electron chi connectivity index (χ3n) is 2.51. The number of hydrogen-bond acceptors (Lipinski definition) is 6. The van der Waals surface area contributed by atoms with Gasteiger partial charge in [-0.05, 0) is 26.0 Å². The first-order valence-electron chi connectivity index (χ1n) is 6.12. The third kappa shape index (κ3) is 3.75. The number of aryl methyl sites for hydroxylation is 1. The number of nitrogens with zero attached hydrogens (tertiary/aromatic N) is 2. The van der Waals surface area contributed by atoms with Gasteiger partial charge in [-0.1, -0.05) is 0 Å². The molecule has 2 N–H and O–H groups in total. The van der Waals surface area contributed by atoms with E-state index in [1.807, 2.05) is 13.8 Å². The van der Waals surface area contributed by atoms with Crippen LogP contribution in [0.25, 0.3) is 0 Å². The summed E-state index contributed by atoms with van der Waals surface area (Å²) in [5.41, 5.74) is 0. The van der Waals surface area contributed by atoms with Gasteiger partial charge in [0.25, 0.3) is 0 Å². The van der Waals surface area contributed by atoms with Gasteiger partial charge in [0.2, 0.25) is 10.0 Å². The van der Waals surface area contributed by atoms with E-state index in [0.29, 0.717) is 5.82 Å². The lowest BCUT2D eigenvalue weighted by molar-refractivity contribution is 0.581. The summed E-state index contributed by atoms with van der Waals surface area (Å²) in [6, 6.07) is 3.18. The highest BCUT2D eigenvalue weighted by Gasteiger charge is 2.14. The molecule has 0 bridgehead atoms. The highest BCUT2D eigenvalue weighted by molar-refractivity contribution is 7.89. The molecule has 0 aliphatic heterocycles. The van der Waals surface area contributed by atoms with Crippen molar-refractivity contribution in [2.45, 2.75) is 25.3 Å². The van der Waals surface area contributed by atoms with Gasteiger partial charge in [-0.15, -0.1) is 11.3 Å². The van der Waals surface area contributed by atoms with Gasteiger partial charge in [0, 0.05) is 30.4 Å². The molecule has 2 rings (SSSR count). The van der Waals surface area contributed by atoms with Crippen LogP contribution in [0, 0.1) is 6.92 Å². The highest BCUT2D eigenvalue weighted by Crippen LogP contribution is 2.14. The SMILES string of the molecule is CCNc1ccc(S(=O)(=O)NCc2cnc(C)s2)cn1. The van der Waals surface area contributed by atoms with Crippen molar-refractivity contribution in [1.82, 2.24) is 14.7 Å². The molecule has 0 aliphatic carbocycles. The molecule has 20 heavy (non-hydrogen) atoms. The van der Waals surface area contributed by atoms with E-state index in [2.05, 4.69) is 20.0 Å². The molecule has 0 fully saturated rings. The maximum Gasteiger partial charge on any atom is 0.242 e. The Morgan fingerprint density at radius 2 is 2.05 bits per heavy atom. The van der Waals surface area contributed by atoms with Gasteiger partial charge in [-0.2, -0.15) is 0 Å². The van der Waals surface area contributed by atoms with Crippen molar-refractivity contribution in [2.24, 2.45) is 0 Å². The number of pyridine rings is 1. The van der Waals surface area contributed by atoms with Gasteiger partial charge in [-0.3, -0.25) is 0 Å². The van der Waals surface area contributed by atoms with Crippen LogP contribution in [-0.2, 0) is 16.6 Å². The van der Waals surface area contributed by atoms with Crippen LogP contribution >= 0.6 is 11.3 Å². The summed E-state index contributed by atoms with van der Waals surface area (Å²) in [5.74, 6) is 0.657. The van der Waals surface area contributed by atoms with E-state index in [9.17, 15) is 8.42 Å². The van der Waals surface area contributed by atoms with E-state index >= 15 is 0 Å². The van der Waals surface area contributed by atoms with E-state index in [0.717, 1.165) is 16.4 Å². The monoisotopic (exact) mass is 312 g/mol. The number of nitrogens with one attached hydrogen (secondary N) is 2. The molecule has 2 heterocycles. The van der Waals surface area contributed by atoms with Crippen LogP contribution in [-0.4, -0.2) is 24.9 Å². The Bertz CT molecular complexity index is 665. The second kappa shape index (κ2) is 6.29. The van der Waals surface area contributed by atoms with Crippen LogP contribution in [0.4, 0.5) is 5.82 Å². The average Bonchev–Trinajstić information content (AvgIpc) is 2.84. The van der Waals surface area contributed by atoms with Crippen molar-refractivity contribution in [3.05, 3.63) is 34.4 Å². The number of rotatable bonds is 6. The Labute approximate surface area is 122 Å². The fourth-order valence-corrected chi connectivity index (χ4v) is 3.34. The zero-order valence-electron chi connectivity index (χ0n) is 11.3. The fraction of sp³-hybridized carbons (Fsp3) is 0.333. The van der Waals surface area contributed by atoms with E-state index < -0.39 is 10.0 Å². The standard InChI is InChI=1S/C12H16N4O2S2/c1-3-13-12-5-4-11(8-15-12)20(17,18)16-7-10-6-14-9(2)19-10/h4-6,8,16H,3,7H2,1-2H3,(H,13,15). The Kier molecular flexibility index (Phi) is 4.69. The smallest absolute Gasteiger partial charge is 0.242 e. The summed E-state index contributed by atoms with van der Waals surface area (Å²) in [7, 11) is -3.54. The molecule has 0 aromatic carbocycles. The quantitative estimate of drug-likeness (QED) is 0.849. The fourth-order valence-electron chi connectivity index (χ4n) is 1.56. The van der Waals surface area contributed by atoms with E-state index in [1.165, 1.54) is 23.6 Å². The lowest BCUT2D eigenvalue weighted by Gasteiger charge is -2.06. The van der Waals surface area contributed by atoms with Crippen molar-refractivity contribution in [3.8, 4) is 0 Å². The second-order valence-electron chi connectivity index (χ2n) is 4.08. The van der Waals surface area contributed by atoms with Crippen LogP contribution in [0.3, 0.4) is 0 Å². The topological polar surface area (TPSA) is 84.0 Å². The van der Waals surface area contributed by atoms with Crippen molar-refractivity contribution in [3.63, 3.8) is 0 Å². The zero-order chi connectivity index (χ0) is 14.6. The number of sulfonamides is 1. The molecule has 108 valence electrons. The van der Waals surface area contributed by atoms with Gasteiger partial charge in [0.15, 0.2) is 0 Å². The van der Waals surface area contributed by atoms with E-state index in [1.54, 1.807) is 12.3 Å². The van der Waals surface area contributed by atoms with Crippen LogP contribution in [0.5, 0.6) is 0 Å². The minimum absolute atomic E-state index is 0.153. The Balaban J connectivity index is 2.05. The van der Waals surface area contributed by atoms with Gasteiger partial charge in [-0.25, -0.2) is 23.1 Å². The summed E-state index contributed by atoms with van der Waals surface area (Å²) in [4.78, 5) is 9.17. The molecule has 2 aromatic rings. The number of hydrogen-bond donors (Lipinski definition) is 2. The third-order valence-corrected chi connectivity index (χ3v) is 4.81. The Morgan fingerprint density at radius 3 is 2.60 bits per heavy atom. The van der Waals surface area contributed by atoms with Crippen molar-refractivity contribution in [1.29, 1.82) is 0 Å². The molecule has 2 aromatic heterocycles. The first-order valence-corrected chi connectivity index (χ1v) is 8.42. The van der Waals surface area contributed by atoms with Crippen molar-refractivity contribution < 1.29 is 8.42 Å². The highest BCUT2D eigenvalue weighted by atomic mass is 32.2. The molecule has 0 aliphatic rings. The Hall–Kier alpha value is -1.51. The molecule has 0 spiro atoms. The summed E-state index contributed by atoms with van der Waals surface area (Å²) in [5, 5.41) is 3.93. The normalized spacial score (nSPS) is 11.5. The van der Waals surface area contributed by atoms with E-state index in [4.69, 9.17) is 0 Å². The summed E-state index contributed by atoms with van der Waals surface area (Å²) >= 11 is 1.47. The molecule has 6 nitrogen and oxygen atoms in total. The summed E-state index contributed by atoms with van der Waals surface area (Å²) in [6.07, 6.45) is 3.02. The Morgan fingerprint density at radius 1 is 1.25 bits per heavy atom. The first-order chi connectivity index (χ1) is 9.51. The molecule has 0 unspecified atom stereocenters. The predicted octanol–water partition coefficient (Wildman–Crippen LogP) is 1.76. The average molecular weight is 312 g/mol. The lowest BCUT2D eigenvalue weighted by atomic mass is 10.4. The molecule has 0 atom stereocenters. The first kappa shape index (κ1) is 14.9. The maximum absolute atomic E-state index is 12.1. The van der Waals surface area contributed by atoms with Crippen LogP contribution in [0.15, 0.2) is 29.4 Å². The van der Waals surface area contributed by atoms with Gasteiger partial charge in [0.05, 0.1) is 5.01 Å². The van der Waals surface area contributed by atoms with Crippen LogP contribution < -0.4 is 10.0 Å². The minimum atomic E-state index is -3.54. The zero-order valence-corrected chi connectivity index (χ0v) is 12.9. The molecule has 0 amide bonds. The van der Waals surface area contributed by atoms with Gasteiger partial charge >= 0.3 is 0 Å². The molecular formula is C12H16N4O2S2. The predicted molar refractivity (Wildman–Crippen MR) is 79.3 cm³/mol. The molecule has 0 radical (unpaired) electrons. The summed E-state index contributed by atoms with van der Waals surface area (Å²) in [6.45, 7) is 4.81. The van der Waals surface area contributed by atoms with Gasteiger partial charge in [0.1, 0.15) is 10.7 Å². The van der Waals surface area contributed by atoms with E-state index in [-0.39, 0.29) is 11.4 Å². The largest absolute Gasteiger partial charge is 0.370 e. The van der Waals surface area contributed by atoms with Crippen molar-refractivity contribution >= 4 is 27.2 Å². The van der Waals surface area contributed by atoms with Gasteiger partial charge < -0.3 is 5.32 Å². The lowest BCUT2D eigenvalue weighted by Crippen LogP contribution is -2.23. The number of anilines is 1. The van der Waals surface area contributed by atoms with Crippen LogP contribution in [0.1, 0.15) is 16.8 Å². The minimum Gasteiger partial charge on any atom is -0.370 e. The maximum atomic E-state index is 12.1. The molecule has 0 saturated carbocycles. The van der Waals surface area contributed by atoms with Crippen molar-refractivity contribution in [2.75, 3.05) is 11.9 Å².